The van der Waals surface area contributed by atoms with Crippen molar-refractivity contribution in [2.24, 2.45) is 0 Å². The van der Waals surface area contributed by atoms with E-state index in [-0.39, 0.29) is 11.9 Å². The van der Waals surface area contributed by atoms with Gasteiger partial charge in [-0.15, -0.1) is 0 Å². The molecule has 2 aromatic carbocycles. The minimum atomic E-state index is -0.173. The largest absolute Gasteiger partial charge is 0.346 e. The van der Waals surface area contributed by atoms with E-state index in [0.29, 0.717) is 5.02 Å². The van der Waals surface area contributed by atoms with Crippen LogP contribution in [0.25, 0.3) is 11.8 Å². The zero-order chi connectivity index (χ0) is 17.6. The van der Waals surface area contributed by atoms with Gasteiger partial charge in [-0.3, -0.25) is 4.79 Å². The Morgan fingerprint density at radius 3 is 2.64 bits per heavy atom. The number of nitrogens with zero attached hydrogens (tertiary/aromatic N) is 3. The Kier molecular flexibility index (Phi) is 5.26. The fourth-order valence-corrected chi connectivity index (χ4v) is 2.58. The molecule has 25 heavy (non-hydrogen) atoms. The Bertz CT molecular complexity index is 873. The van der Waals surface area contributed by atoms with E-state index >= 15 is 0 Å². The lowest BCUT2D eigenvalue weighted by Gasteiger charge is -2.13. The summed E-state index contributed by atoms with van der Waals surface area (Å²) in [6, 6.07) is 15.1. The van der Waals surface area contributed by atoms with Gasteiger partial charge in [0, 0.05) is 11.1 Å². The lowest BCUT2D eigenvalue weighted by atomic mass is 10.1. The summed E-state index contributed by atoms with van der Waals surface area (Å²) in [5, 5.41) is 7.64. The molecule has 126 valence electrons. The molecule has 1 atom stereocenters. The molecule has 0 fully saturated rings. The predicted octanol–water partition coefficient (Wildman–Crippen LogP) is 3.81. The normalized spacial score (nSPS) is 12.2. The predicted molar refractivity (Wildman–Crippen MR) is 98.4 cm³/mol. The highest BCUT2D eigenvalue weighted by atomic mass is 35.5. The molecule has 0 aliphatic heterocycles. The van der Waals surface area contributed by atoms with Crippen molar-refractivity contribution in [3.8, 4) is 5.69 Å². The molecule has 0 saturated heterocycles. The van der Waals surface area contributed by atoms with E-state index in [1.165, 1.54) is 12.4 Å². The zero-order valence-electron chi connectivity index (χ0n) is 13.6. The number of halogens is 1. The summed E-state index contributed by atoms with van der Waals surface area (Å²) in [5.41, 5.74) is 2.73. The third-order valence-corrected chi connectivity index (χ3v) is 4.10. The van der Waals surface area contributed by atoms with Crippen molar-refractivity contribution in [1.82, 2.24) is 20.1 Å². The number of carbonyl (C=O) groups excluding carboxylic acids is 1. The van der Waals surface area contributed by atoms with Gasteiger partial charge < -0.3 is 5.32 Å². The number of rotatable bonds is 5. The number of benzene rings is 2. The van der Waals surface area contributed by atoms with Gasteiger partial charge in [-0.2, -0.15) is 5.10 Å². The summed E-state index contributed by atoms with van der Waals surface area (Å²) in [4.78, 5) is 16.0. The summed E-state index contributed by atoms with van der Waals surface area (Å²) in [6.45, 7) is 1.94. The molecule has 1 heterocycles. The Morgan fingerprint density at radius 2 is 1.96 bits per heavy atom. The van der Waals surface area contributed by atoms with E-state index in [2.05, 4.69) is 15.4 Å². The summed E-state index contributed by atoms with van der Waals surface area (Å²) in [6.07, 6.45) is 6.32. The van der Waals surface area contributed by atoms with Gasteiger partial charge >= 0.3 is 0 Å². The first kappa shape index (κ1) is 16.9. The Balaban J connectivity index is 1.62. The minimum absolute atomic E-state index is 0.117. The number of nitrogens with one attached hydrogen (secondary N) is 1. The van der Waals surface area contributed by atoms with Crippen molar-refractivity contribution < 1.29 is 4.79 Å². The highest BCUT2D eigenvalue weighted by Crippen LogP contribution is 2.17. The molecule has 3 aromatic rings. The number of hydrogen-bond donors (Lipinski definition) is 1. The van der Waals surface area contributed by atoms with Crippen molar-refractivity contribution >= 4 is 23.6 Å². The summed E-state index contributed by atoms with van der Waals surface area (Å²) in [7, 11) is 0. The molecule has 0 aliphatic carbocycles. The lowest BCUT2D eigenvalue weighted by molar-refractivity contribution is -0.117. The van der Waals surface area contributed by atoms with Crippen molar-refractivity contribution in [2.45, 2.75) is 13.0 Å². The van der Waals surface area contributed by atoms with E-state index in [0.717, 1.165) is 16.8 Å². The van der Waals surface area contributed by atoms with Gasteiger partial charge in [-0.05, 0) is 42.3 Å². The lowest BCUT2D eigenvalue weighted by Crippen LogP contribution is -2.24. The molecule has 3 rings (SSSR count). The van der Waals surface area contributed by atoms with Crippen LogP contribution in [0.4, 0.5) is 0 Å². The summed E-state index contributed by atoms with van der Waals surface area (Å²) >= 11 is 6.07. The second-order valence-corrected chi connectivity index (χ2v) is 5.92. The molecule has 0 unspecified atom stereocenters. The molecule has 0 spiro atoms. The fourth-order valence-electron chi connectivity index (χ4n) is 2.38. The van der Waals surface area contributed by atoms with E-state index in [1.807, 2.05) is 49.4 Å². The third-order valence-electron chi connectivity index (χ3n) is 3.75. The number of amides is 1. The van der Waals surface area contributed by atoms with Crippen LogP contribution in [0.2, 0.25) is 5.02 Å². The van der Waals surface area contributed by atoms with Crippen LogP contribution in [0, 0.1) is 0 Å². The Labute approximate surface area is 151 Å². The molecule has 1 N–H and O–H groups in total. The van der Waals surface area contributed by atoms with Gasteiger partial charge in [0.05, 0.1) is 11.7 Å². The summed E-state index contributed by atoms with van der Waals surface area (Å²) < 4.78 is 1.68. The first-order chi connectivity index (χ1) is 12.1. The Morgan fingerprint density at radius 1 is 1.20 bits per heavy atom. The number of hydrogen-bond acceptors (Lipinski definition) is 3. The van der Waals surface area contributed by atoms with Gasteiger partial charge in [0.1, 0.15) is 12.7 Å². The van der Waals surface area contributed by atoms with E-state index < -0.39 is 0 Å². The van der Waals surface area contributed by atoms with Crippen molar-refractivity contribution in [3.05, 3.63) is 83.4 Å². The van der Waals surface area contributed by atoms with Crippen molar-refractivity contribution in [1.29, 1.82) is 0 Å². The van der Waals surface area contributed by atoms with Crippen LogP contribution in [0.3, 0.4) is 0 Å². The van der Waals surface area contributed by atoms with Gasteiger partial charge in [0.15, 0.2) is 0 Å². The second kappa shape index (κ2) is 7.77. The molecule has 1 amide bonds. The second-order valence-electron chi connectivity index (χ2n) is 5.52. The molecule has 0 bridgehead atoms. The first-order valence-corrected chi connectivity index (χ1v) is 8.19. The van der Waals surface area contributed by atoms with E-state index in [9.17, 15) is 4.79 Å². The van der Waals surface area contributed by atoms with Crippen molar-refractivity contribution in [3.63, 3.8) is 0 Å². The fraction of sp³-hybridized carbons (Fsp3) is 0.105. The average molecular weight is 353 g/mol. The maximum absolute atomic E-state index is 12.1. The third kappa shape index (κ3) is 4.33. The quantitative estimate of drug-likeness (QED) is 0.710. The number of aromatic nitrogens is 3. The molecule has 6 heteroatoms. The zero-order valence-corrected chi connectivity index (χ0v) is 14.4. The monoisotopic (exact) mass is 352 g/mol. The van der Waals surface area contributed by atoms with Crippen LogP contribution < -0.4 is 5.32 Å². The maximum Gasteiger partial charge on any atom is 0.244 e. The molecule has 1 aromatic heterocycles. The molecular weight excluding hydrogens is 336 g/mol. The SMILES string of the molecule is C[C@@H](NC(=O)/C=C/c1ccccc1Cl)c1ccc(-n2cncn2)cc1. The van der Waals surface area contributed by atoms with Crippen LogP contribution in [0.5, 0.6) is 0 Å². The van der Waals surface area contributed by atoms with E-state index in [4.69, 9.17) is 11.6 Å². The van der Waals surface area contributed by atoms with E-state index in [1.54, 1.807) is 23.2 Å². The van der Waals surface area contributed by atoms with Gasteiger partial charge in [-0.1, -0.05) is 41.9 Å². The highest BCUT2D eigenvalue weighted by molar-refractivity contribution is 6.32. The molecule has 0 radical (unpaired) electrons. The smallest absolute Gasteiger partial charge is 0.244 e. The molecule has 0 saturated carbocycles. The van der Waals surface area contributed by atoms with Crippen molar-refractivity contribution in [2.75, 3.05) is 0 Å². The van der Waals surface area contributed by atoms with Crippen LogP contribution in [-0.2, 0) is 4.79 Å². The summed E-state index contributed by atoms with van der Waals surface area (Å²) in [5.74, 6) is -0.173. The van der Waals surface area contributed by atoms with Crippen LogP contribution in [-0.4, -0.2) is 20.7 Å². The number of carbonyl (C=O) groups is 1. The standard InChI is InChI=1S/C19H17ClN4O/c1-14(15-6-9-17(10-7-15)24-13-21-12-22-24)23-19(25)11-8-16-4-2-3-5-18(16)20/h2-14H,1H3,(H,23,25)/b11-8+/t14-/m1/s1. The van der Waals surface area contributed by atoms with Gasteiger partial charge in [0.25, 0.3) is 0 Å². The van der Waals surface area contributed by atoms with Gasteiger partial charge in [0.2, 0.25) is 5.91 Å². The molecule has 0 aliphatic rings. The minimum Gasteiger partial charge on any atom is -0.346 e. The topological polar surface area (TPSA) is 59.8 Å². The molecule has 5 nitrogen and oxygen atoms in total. The van der Waals surface area contributed by atoms with Crippen LogP contribution in [0.1, 0.15) is 24.1 Å². The first-order valence-electron chi connectivity index (χ1n) is 7.81. The Hall–Kier alpha value is -2.92. The highest BCUT2D eigenvalue weighted by Gasteiger charge is 2.08. The van der Waals surface area contributed by atoms with Crippen LogP contribution >= 0.6 is 11.6 Å². The van der Waals surface area contributed by atoms with Gasteiger partial charge in [-0.25, -0.2) is 9.67 Å². The molecular formula is C19H17ClN4O. The maximum atomic E-state index is 12.1. The average Bonchev–Trinajstić information content (AvgIpc) is 3.16. The van der Waals surface area contributed by atoms with Crippen LogP contribution in [0.15, 0.2) is 67.3 Å².